The third kappa shape index (κ3) is 6.23. The number of amides is 3. The molecular weight excluding hydrogens is 354 g/mol. The van der Waals surface area contributed by atoms with E-state index in [-0.39, 0.29) is 17.7 Å². The maximum atomic E-state index is 12.6. The van der Waals surface area contributed by atoms with Crippen LogP contribution in [-0.2, 0) is 9.59 Å². The predicted molar refractivity (Wildman–Crippen MR) is 113 cm³/mol. The number of carbonyl (C=O) groups is 3. The van der Waals surface area contributed by atoms with Crippen LogP contribution in [0.25, 0.3) is 0 Å². The normalized spacial score (nSPS) is 10.2. The average Bonchev–Trinajstić information content (AvgIpc) is 2.65. The van der Waals surface area contributed by atoms with Gasteiger partial charge in [-0.05, 0) is 61.7 Å². The zero-order valence-electron chi connectivity index (χ0n) is 16.6. The van der Waals surface area contributed by atoms with Crippen molar-refractivity contribution in [3.63, 3.8) is 0 Å². The van der Waals surface area contributed by atoms with Crippen LogP contribution in [0.1, 0.15) is 55.5 Å². The Morgan fingerprint density at radius 3 is 1.96 bits per heavy atom. The van der Waals surface area contributed by atoms with Crippen molar-refractivity contribution < 1.29 is 14.4 Å². The molecule has 0 aliphatic heterocycles. The molecule has 28 heavy (non-hydrogen) atoms. The van der Waals surface area contributed by atoms with Gasteiger partial charge in [-0.1, -0.05) is 19.9 Å². The standard InChI is InChI=1S/C22H27N3O3/c1-4-6-20(26)23-17-11-9-16(10-12-17)22(28)25-18-13-8-15(3)14-19(18)24-21(27)7-5-2/h8-14H,4-7H2,1-3H3,(H,23,26)(H,24,27)(H,25,28). The van der Waals surface area contributed by atoms with E-state index in [1.54, 1.807) is 30.3 Å². The zero-order valence-corrected chi connectivity index (χ0v) is 16.6. The maximum Gasteiger partial charge on any atom is 0.255 e. The molecule has 6 nitrogen and oxygen atoms in total. The minimum absolute atomic E-state index is 0.0492. The molecule has 3 N–H and O–H groups in total. The van der Waals surface area contributed by atoms with Gasteiger partial charge in [-0.25, -0.2) is 0 Å². The van der Waals surface area contributed by atoms with Gasteiger partial charge in [0.25, 0.3) is 5.91 Å². The van der Waals surface area contributed by atoms with E-state index in [0.717, 1.165) is 18.4 Å². The van der Waals surface area contributed by atoms with E-state index in [4.69, 9.17) is 0 Å². The van der Waals surface area contributed by atoms with Gasteiger partial charge >= 0.3 is 0 Å². The van der Waals surface area contributed by atoms with E-state index in [0.29, 0.717) is 35.5 Å². The van der Waals surface area contributed by atoms with Gasteiger partial charge in [0.15, 0.2) is 0 Å². The molecule has 0 heterocycles. The van der Waals surface area contributed by atoms with Crippen molar-refractivity contribution in [3.05, 3.63) is 53.6 Å². The van der Waals surface area contributed by atoms with E-state index < -0.39 is 0 Å². The van der Waals surface area contributed by atoms with Crippen LogP contribution in [0.4, 0.5) is 17.1 Å². The highest BCUT2D eigenvalue weighted by atomic mass is 16.2. The average molecular weight is 381 g/mol. The molecule has 0 fully saturated rings. The first kappa shape index (κ1) is 21.2. The summed E-state index contributed by atoms with van der Waals surface area (Å²) in [6.45, 7) is 5.80. The van der Waals surface area contributed by atoms with Gasteiger partial charge in [-0.15, -0.1) is 0 Å². The topological polar surface area (TPSA) is 87.3 Å². The monoisotopic (exact) mass is 381 g/mol. The third-order valence-corrected chi connectivity index (χ3v) is 4.08. The van der Waals surface area contributed by atoms with Crippen LogP contribution in [0.3, 0.4) is 0 Å². The first-order valence-corrected chi connectivity index (χ1v) is 9.54. The molecular formula is C22H27N3O3. The Morgan fingerprint density at radius 1 is 0.750 bits per heavy atom. The fourth-order valence-electron chi connectivity index (χ4n) is 2.66. The Morgan fingerprint density at radius 2 is 1.36 bits per heavy atom. The Labute approximate surface area is 165 Å². The molecule has 0 bridgehead atoms. The Hall–Kier alpha value is -3.15. The van der Waals surface area contributed by atoms with Crippen LogP contribution < -0.4 is 16.0 Å². The van der Waals surface area contributed by atoms with Crippen molar-refractivity contribution in [2.24, 2.45) is 0 Å². The van der Waals surface area contributed by atoms with E-state index in [1.165, 1.54) is 0 Å². The highest BCUT2D eigenvalue weighted by Gasteiger charge is 2.12. The van der Waals surface area contributed by atoms with Crippen LogP contribution in [0, 0.1) is 6.92 Å². The van der Waals surface area contributed by atoms with Crippen LogP contribution in [-0.4, -0.2) is 17.7 Å². The summed E-state index contributed by atoms with van der Waals surface area (Å²) in [6, 6.07) is 12.2. The Bertz CT molecular complexity index is 845. The van der Waals surface area contributed by atoms with Crippen molar-refractivity contribution in [1.82, 2.24) is 0 Å². The molecule has 0 saturated carbocycles. The number of hydrogen-bond acceptors (Lipinski definition) is 3. The number of nitrogens with one attached hydrogen (secondary N) is 3. The molecule has 0 atom stereocenters. The second-order valence-corrected chi connectivity index (χ2v) is 6.68. The second kappa shape index (κ2) is 10.3. The van der Waals surface area contributed by atoms with Crippen molar-refractivity contribution in [2.45, 2.75) is 46.5 Å². The molecule has 0 saturated heterocycles. The smallest absolute Gasteiger partial charge is 0.255 e. The lowest BCUT2D eigenvalue weighted by Gasteiger charge is -2.13. The van der Waals surface area contributed by atoms with E-state index in [9.17, 15) is 14.4 Å². The molecule has 148 valence electrons. The summed E-state index contributed by atoms with van der Waals surface area (Å²) in [5.41, 5.74) is 3.21. The molecule has 2 rings (SSSR count). The lowest BCUT2D eigenvalue weighted by molar-refractivity contribution is -0.117. The number of carbonyl (C=O) groups excluding carboxylic acids is 3. The highest BCUT2D eigenvalue weighted by molar-refractivity contribution is 6.07. The fraction of sp³-hybridized carbons (Fsp3) is 0.318. The number of anilines is 3. The van der Waals surface area contributed by atoms with Gasteiger partial charge < -0.3 is 16.0 Å². The molecule has 6 heteroatoms. The molecule has 3 amide bonds. The van der Waals surface area contributed by atoms with Crippen LogP contribution in [0.15, 0.2) is 42.5 Å². The van der Waals surface area contributed by atoms with Gasteiger partial charge in [-0.3, -0.25) is 14.4 Å². The zero-order chi connectivity index (χ0) is 20.5. The minimum atomic E-state index is -0.290. The Kier molecular flexibility index (Phi) is 7.75. The largest absolute Gasteiger partial charge is 0.326 e. The highest BCUT2D eigenvalue weighted by Crippen LogP contribution is 2.24. The van der Waals surface area contributed by atoms with Crippen molar-refractivity contribution >= 4 is 34.8 Å². The van der Waals surface area contributed by atoms with Gasteiger partial charge in [0.1, 0.15) is 0 Å². The van der Waals surface area contributed by atoms with Gasteiger partial charge in [0, 0.05) is 24.1 Å². The summed E-state index contributed by atoms with van der Waals surface area (Å²) in [7, 11) is 0. The molecule has 2 aromatic rings. The summed E-state index contributed by atoms with van der Waals surface area (Å²) >= 11 is 0. The molecule has 0 spiro atoms. The van der Waals surface area contributed by atoms with Crippen LogP contribution >= 0.6 is 0 Å². The van der Waals surface area contributed by atoms with Crippen LogP contribution in [0.5, 0.6) is 0 Å². The van der Waals surface area contributed by atoms with Gasteiger partial charge in [-0.2, -0.15) is 0 Å². The maximum absolute atomic E-state index is 12.6. The molecule has 2 aromatic carbocycles. The number of hydrogen-bond donors (Lipinski definition) is 3. The second-order valence-electron chi connectivity index (χ2n) is 6.68. The van der Waals surface area contributed by atoms with Crippen LogP contribution in [0.2, 0.25) is 0 Å². The first-order valence-electron chi connectivity index (χ1n) is 9.54. The Balaban J connectivity index is 2.10. The van der Waals surface area contributed by atoms with Crippen molar-refractivity contribution in [3.8, 4) is 0 Å². The van der Waals surface area contributed by atoms with Crippen molar-refractivity contribution in [1.29, 1.82) is 0 Å². The fourth-order valence-corrected chi connectivity index (χ4v) is 2.66. The van der Waals surface area contributed by atoms with Crippen molar-refractivity contribution in [2.75, 3.05) is 16.0 Å². The SMILES string of the molecule is CCCC(=O)Nc1ccc(C(=O)Nc2ccc(C)cc2NC(=O)CCC)cc1. The summed E-state index contributed by atoms with van der Waals surface area (Å²) in [5.74, 6) is -0.427. The van der Waals surface area contributed by atoms with Gasteiger partial charge in [0.2, 0.25) is 11.8 Å². The molecule has 0 aromatic heterocycles. The van der Waals surface area contributed by atoms with E-state index >= 15 is 0 Å². The molecule has 0 aliphatic carbocycles. The summed E-state index contributed by atoms with van der Waals surface area (Å²) in [4.78, 5) is 36.2. The number of benzene rings is 2. The molecule has 0 radical (unpaired) electrons. The molecule has 0 aliphatic rings. The lowest BCUT2D eigenvalue weighted by atomic mass is 10.1. The third-order valence-electron chi connectivity index (χ3n) is 4.08. The lowest BCUT2D eigenvalue weighted by Crippen LogP contribution is -2.16. The minimum Gasteiger partial charge on any atom is -0.326 e. The predicted octanol–water partition coefficient (Wildman–Crippen LogP) is 4.72. The number of rotatable bonds is 8. The van der Waals surface area contributed by atoms with E-state index in [1.807, 2.05) is 32.9 Å². The molecule has 0 unspecified atom stereocenters. The number of aryl methyl sites for hydroxylation is 1. The first-order chi connectivity index (χ1) is 13.4. The quantitative estimate of drug-likeness (QED) is 0.618. The van der Waals surface area contributed by atoms with E-state index in [2.05, 4.69) is 16.0 Å². The summed E-state index contributed by atoms with van der Waals surface area (Å²) < 4.78 is 0. The van der Waals surface area contributed by atoms with Gasteiger partial charge in [0.05, 0.1) is 11.4 Å². The summed E-state index contributed by atoms with van der Waals surface area (Å²) in [5, 5.41) is 8.48. The summed E-state index contributed by atoms with van der Waals surface area (Å²) in [6.07, 6.45) is 2.41.